The molecule has 0 aliphatic heterocycles. The van der Waals surface area contributed by atoms with Crippen molar-refractivity contribution < 1.29 is 19.1 Å². The quantitative estimate of drug-likeness (QED) is 0.249. The first-order valence-electron chi connectivity index (χ1n) is 13.2. The fraction of sp³-hybridized carbons (Fsp3) is 0.281. The zero-order valence-electron chi connectivity index (χ0n) is 24.2. The smallest absolute Gasteiger partial charge is 0.328 e. The summed E-state index contributed by atoms with van der Waals surface area (Å²) in [6.45, 7) is 10.1. The molecule has 1 unspecified atom stereocenters. The second-order valence-electron chi connectivity index (χ2n) is 10.6. The van der Waals surface area contributed by atoms with Gasteiger partial charge in [0.1, 0.15) is 6.04 Å². The number of hydrogen-bond acceptors (Lipinski definition) is 7. The number of nitrogens with zero attached hydrogens (tertiary/aromatic N) is 2. The van der Waals surface area contributed by atoms with E-state index in [1.54, 1.807) is 29.9 Å². The number of methoxy groups -OCH3 is 1. The Morgan fingerprint density at radius 1 is 0.878 bits per heavy atom. The van der Waals surface area contributed by atoms with Gasteiger partial charge in [0.15, 0.2) is 5.01 Å². The predicted molar refractivity (Wildman–Crippen MR) is 163 cm³/mol. The van der Waals surface area contributed by atoms with E-state index in [-0.39, 0.29) is 22.2 Å². The van der Waals surface area contributed by atoms with Crippen LogP contribution < -0.4 is 10.6 Å². The lowest BCUT2D eigenvalue weighted by Crippen LogP contribution is -2.45. The number of carbonyl (C=O) groups excluding carboxylic acids is 3. The highest BCUT2D eigenvalue weighted by Gasteiger charge is 2.26. The van der Waals surface area contributed by atoms with Crippen LogP contribution in [0.15, 0.2) is 84.5 Å². The minimum atomic E-state index is -0.743. The van der Waals surface area contributed by atoms with Crippen LogP contribution in [0.4, 0.5) is 5.69 Å². The Kier molecular flexibility index (Phi) is 10.9. The van der Waals surface area contributed by atoms with Gasteiger partial charge in [0, 0.05) is 34.6 Å². The molecule has 41 heavy (non-hydrogen) atoms. The van der Waals surface area contributed by atoms with Gasteiger partial charge in [-0.1, -0.05) is 65.0 Å². The van der Waals surface area contributed by atoms with Gasteiger partial charge in [-0.25, -0.2) is 9.78 Å². The van der Waals surface area contributed by atoms with Gasteiger partial charge in [-0.15, -0.1) is 11.3 Å². The maximum absolute atomic E-state index is 12.6. The highest BCUT2D eigenvalue weighted by molar-refractivity contribution is 7.12. The van der Waals surface area contributed by atoms with E-state index in [9.17, 15) is 14.4 Å². The highest BCUT2D eigenvalue weighted by atomic mass is 32.1. The molecule has 1 atom stereocenters. The highest BCUT2D eigenvalue weighted by Crippen LogP contribution is 2.25. The molecule has 2 amide bonds. The van der Waals surface area contributed by atoms with E-state index in [2.05, 4.69) is 41.4 Å². The molecular formula is C32H36N4O4S. The molecule has 0 spiro atoms. The number of amides is 2. The number of benzene rings is 2. The van der Waals surface area contributed by atoms with Gasteiger partial charge >= 0.3 is 5.97 Å². The summed E-state index contributed by atoms with van der Waals surface area (Å²) in [7, 11) is 1.29. The molecule has 2 aromatic heterocycles. The van der Waals surface area contributed by atoms with Crippen molar-refractivity contribution in [3.63, 3.8) is 0 Å². The van der Waals surface area contributed by atoms with Gasteiger partial charge in [-0.3, -0.25) is 14.6 Å². The first-order valence-corrected chi connectivity index (χ1v) is 14.1. The van der Waals surface area contributed by atoms with Crippen LogP contribution in [0.5, 0.6) is 0 Å². The predicted octanol–water partition coefficient (Wildman–Crippen LogP) is 6.37. The SMILES string of the molecule is COC(=O)C(NC(=O)c1nc(-c2ccc(NC(=O)c3ccc(C(C)(C)C)cc3)cc2)cs1)C(C)C.c1ccncc1. The molecule has 214 valence electrons. The number of rotatable bonds is 7. The number of thiazole rings is 1. The van der Waals surface area contributed by atoms with E-state index in [0.29, 0.717) is 16.9 Å². The lowest BCUT2D eigenvalue weighted by Gasteiger charge is -2.19. The van der Waals surface area contributed by atoms with Crippen molar-refractivity contribution in [2.75, 3.05) is 12.4 Å². The molecule has 0 fully saturated rings. The normalized spacial score (nSPS) is 11.6. The molecule has 0 saturated heterocycles. The topological polar surface area (TPSA) is 110 Å². The summed E-state index contributed by atoms with van der Waals surface area (Å²) >= 11 is 1.20. The van der Waals surface area contributed by atoms with Gasteiger partial charge in [0.05, 0.1) is 12.8 Å². The minimum absolute atomic E-state index is 0.0263. The van der Waals surface area contributed by atoms with E-state index in [1.807, 2.05) is 68.4 Å². The molecule has 0 aliphatic carbocycles. The lowest BCUT2D eigenvalue weighted by atomic mass is 9.87. The summed E-state index contributed by atoms with van der Waals surface area (Å²) in [5.41, 5.74) is 3.88. The Bertz CT molecular complexity index is 1400. The van der Waals surface area contributed by atoms with Gasteiger partial charge in [-0.2, -0.15) is 0 Å². The molecule has 2 heterocycles. The van der Waals surface area contributed by atoms with Crippen molar-refractivity contribution >= 4 is 34.8 Å². The molecular weight excluding hydrogens is 536 g/mol. The number of aromatic nitrogens is 2. The van der Waals surface area contributed by atoms with Crippen LogP contribution in [0, 0.1) is 5.92 Å². The minimum Gasteiger partial charge on any atom is -0.467 e. The van der Waals surface area contributed by atoms with E-state index in [4.69, 9.17) is 4.74 Å². The number of pyridine rings is 1. The first-order chi connectivity index (χ1) is 19.5. The van der Waals surface area contributed by atoms with Crippen molar-refractivity contribution in [2.24, 2.45) is 5.92 Å². The van der Waals surface area contributed by atoms with E-state index >= 15 is 0 Å². The number of ether oxygens (including phenoxy) is 1. The number of hydrogen-bond donors (Lipinski definition) is 2. The third kappa shape index (κ3) is 9.08. The Morgan fingerprint density at radius 3 is 2.00 bits per heavy atom. The summed E-state index contributed by atoms with van der Waals surface area (Å²) in [4.78, 5) is 45.3. The fourth-order valence-corrected chi connectivity index (χ4v) is 4.43. The zero-order valence-corrected chi connectivity index (χ0v) is 25.0. The molecule has 2 N–H and O–H groups in total. The average Bonchev–Trinajstić information content (AvgIpc) is 3.47. The number of carbonyl (C=O) groups is 3. The van der Waals surface area contributed by atoms with Crippen molar-refractivity contribution in [2.45, 2.75) is 46.1 Å². The summed E-state index contributed by atoms with van der Waals surface area (Å²) < 4.78 is 4.77. The van der Waals surface area contributed by atoms with Crippen LogP contribution in [0.3, 0.4) is 0 Å². The van der Waals surface area contributed by atoms with Crippen LogP contribution in [0.2, 0.25) is 0 Å². The van der Waals surface area contributed by atoms with Crippen LogP contribution in [0.25, 0.3) is 11.3 Å². The Balaban J connectivity index is 0.000000681. The molecule has 2 aromatic carbocycles. The number of anilines is 1. The molecule has 0 saturated carbocycles. The van der Waals surface area contributed by atoms with Gasteiger partial charge < -0.3 is 15.4 Å². The fourth-order valence-electron chi connectivity index (χ4n) is 3.70. The Labute approximate surface area is 245 Å². The molecule has 9 heteroatoms. The second-order valence-corrected chi connectivity index (χ2v) is 11.5. The van der Waals surface area contributed by atoms with E-state index in [1.165, 1.54) is 24.0 Å². The van der Waals surface area contributed by atoms with Crippen LogP contribution >= 0.6 is 11.3 Å². The summed E-state index contributed by atoms with van der Waals surface area (Å²) in [5, 5.41) is 7.63. The summed E-state index contributed by atoms with van der Waals surface area (Å²) in [5.74, 6) is -1.22. The molecule has 0 radical (unpaired) electrons. The lowest BCUT2D eigenvalue weighted by molar-refractivity contribution is -0.144. The first kappa shape index (κ1) is 31.2. The third-order valence-corrected chi connectivity index (χ3v) is 6.97. The summed E-state index contributed by atoms with van der Waals surface area (Å²) in [6, 6.07) is 19.8. The number of esters is 1. The van der Waals surface area contributed by atoms with Crippen LogP contribution in [-0.4, -0.2) is 40.9 Å². The molecule has 0 aliphatic rings. The molecule has 4 aromatic rings. The Hall–Kier alpha value is -4.37. The van der Waals surface area contributed by atoms with Crippen molar-refractivity contribution in [3.8, 4) is 11.3 Å². The molecule has 4 rings (SSSR count). The van der Waals surface area contributed by atoms with E-state index in [0.717, 1.165) is 5.56 Å². The largest absolute Gasteiger partial charge is 0.467 e. The second kappa shape index (κ2) is 14.3. The monoisotopic (exact) mass is 572 g/mol. The Morgan fingerprint density at radius 2 is 1.51 bits per heavy atom. The number of nitrogens with one attached hydrogen (secondary N) is 2. The summed E-state index contributed by atoms with van der Waals surface area (Å²) in [6.07, 6.45) is 3.50. The van der Waals surface area contributed by atoms with Crippen LogP contribution in [0.1, 0.15) is 60.3 Å². The van der Waals surface area contributed by atoms with Crippen molar-refractivity contribution in [1.82, 2.24) is 15.3 Å². The van der Waals surface area contributed by atoms with Gasteiger partial charge in [0.25, 0.3) is 11.8 Å². The standard InChI is InChI=1S/C27H31N3O4S.C5H5N/c1-16(2)22(26(33)34-6)30-24(32)25-29-21(15-35-25)17-9-13-20(14-10-17)28-23(31)18-7-11-19(12-8-18)27(3,4)5;1-2-4-6-5-3-1/h7-16,22H,1-6H3,(H,28,31)(H,30,32);1-5H. The van der Waals surface area contributed by atoms with Crippen molar-refractivity contribution in [3.05, 3.63) is 101 Å². The average molecular weight is 573 g/mol. The molecule has 8 nitrogen and oxygen atoms in total. The zero-order chi connectivity index (χ0) is 30.0. The van der Waals surface area contributed by atoms with Crippen LogP contribution in [-0.2, 0) is 14.9 Å². The van der Waals surface area contributed by atoms with Crippen molar-refractivity contribution in [1.29, 1.82) is 0 Å². The maximum atomic E-state index is 12.6. The third-order valence-electron chi connectivity index (χ3n) is 6.12. The van der Waals surface area contributed by atoms with Gasteiger partial charge in [0.2, 0.25) is 0 Å². The van der Waals surface area contributed by atoms with Gasteiger partial charge in [-0.05, 0) is 53.3 Å². The maximum Gasteiger partial charge on any atom is 0.328 e. The van der Waals surface area contributed by atoms with E-state index < -0.39 is 17.9 Å². The molecule has 0 bridgehead atoms.